The van der Waals surface area contributed by atoms with Crippen LogP contribution in [-0.4, -0.2) is 24.0 Å². The molecule has 1 heterocycles. The third-order valence-electron chi connectivity index (χ3n) is 2.66. The summed E-state index contributed by atoms with van der Waals surface area (Å²) in [7, 11) is 0. The van der Waals surface area contributed by atoms with Crippen LogP contribution in [0.2, 0.25) is 0 Å². The van der Waals surface area contributed by atoms with E-state index in [1.54, 1.807) is 36.0 Å². The third kappa shape index (κ3) is 3.42. The molecule has 0 amide bonds. The van der Waals surface area contributed by atoms with E-state index in [0.717, 1.165) is 11.1 Å². The number of anilines is 1. The zero-order chi connectivity index (χ0) is 13.8. The van der Waals surface area contributed by atoms with Crippen LogP contribution in [0.5, 0.6) is 5.95 Å². The maximum Gasteiger partial charge on any atom is 0.330 e. The summed E-state index contributed by atoms with van der Waals surface area (Å²) in [6.45, 7) is 0. The Morgan fingerprint density at radius 3 is 3.00 bits per heavy atom. The average Bonchev–Trinajstić information content (AvgIpc) is 2.77. The van der Waals surface area contributed by atoms with Crippen molar-refractivity contribution < 1.29 is 13.9 Å². The minimum atomic E-state index is -0.634. The molecule has 0 spiro atoms. The van der Waals surface area contributed by atoms with E-state index in [4.69, 9.17) is 20.6 Å². The van der Waals surface area contributed by atoms with Crippen LogP contribution in [-0.2, 0) is 4.79 Å². The van der Waals surface area contributed by atoms with Crippen molar-refractivity contribution in [1.29, 1.82) is 0 Å². The number of esters is 1. The maximum atomic E-state index is 11.7. The Kier molecular flexibility index (Phi) is 4.34. The zero-order valence-electron chi connectivity index (χ0n) is 10.6. The van der Waals surface area contributed by atoms with Gasteiger partial charge < -0.3 is 20.6 Å². The fraction of sp³-hybridized carbons (Fsp3) is 0.308. The van der Waals surface area contributed by atoms with Gasteiger partial charge in [-0.2, -0.15) is 11.8 Å². The number of nitrogens with two attached hydrogens (primary N) is 2. The number of thioether (sulfide) groups is 1. The molecule has 102 valence electrons. The van der Waals surface area contributed by atoms with Crippen molar-refractivity contribution in [3.05, 3.63) is 24.3 Å². The summed E-state index contributed by atoms with van der Waals surface area (Å²) in [4.78, 5) is 11.7. The number of hydrogen-bond donors (Lipinski definition) is 2. The number of ether oxygens (including phenoxy) is 1. The highest BCUT2D eigenvalue weighted by Crippen LogP contribution is 2.26. The van der Waals surface area contributed by atoms with Gasteiger partial charge in [0, 0.05) is 23.2 Å². The van der Waals surface area contributed by atoms with E-state index in [1.807, 2.05) is 6.26 Å². The summed E-state index contributed by atoms with van der Waals surface area (Å²) >= 11 is 1.63. The van der Waals surface area contributed by atoms with Crippen LogP contribution in [0.3, 0.4) is 0 Å². The Hall–Kier alpha value is -1.66. The molecule has 4 N–H and O–H groups in total. The van der Waals surface area contributed by atoms with Crippen molar-refractivity contribution in [2.45, 2.75) is 12.5 Å². The van der Waals surface area contributed by atoms with E-state index >= 15 is 0 Å². The van der Waals surface area contributed by atoms with Gasteiger partial charge in [-0.1, -0.05) is 0 Å². The van der Waals surface area contributed by atoms with Crippen LogP contribution < -0.4 is 16.2 Å². The second kappa shape index (κ2) is 5.99. The second-order valence-electron chi connectivity index (χ2n) is 4.17. The molecule has 1 unspecified atom stereocenters. The van der Waals surface area contributed by atoms with Gasteiger partial charge in [0.2, 0.25) is 0 Å². The molecule has 1 aromatic heterocycles. The van der Waals surface area contributed by atoms with Crippen LogP contribution in [0.1, 0.15) is 6.42 Å². The summed E-state index contributed by atoms with van der Waals surface area (Å²) in [5.41, 5.74) is 12.5. The Morgan fingerprint density at radius 2 is 2.26 bits per heavy atom. The number of carbonyl (C=O) groups excluding carboxylic acids is 1. The molecule has 0 fully saturated rings. The highest BCUT2D eigenvalue weighted by molar-refractivity contribution is 7.98. The van der Waals surface area contributed by atoms with Gasteiger partial charge in [-0.25, -0.2) is 4.79 Å². The molecule has 0 aliphatic heterocycles. The van der Waals surface area contributed by atoms with Gasteiger partial charge in [-0.05, 0) is 30.6 Å². The normalized spacial score (nSPS) is 12.5. The molecule has 19 heavy (non-hydrogen) atoms. The second-order valence-corrected chi connectivity index (χ2v) is 5.16. The highest BCUT2D eigenvalue weighted by atomic mass is 32.2. The number of furan rings is 1. The molecule has 0 bridgehead atoms. The first-order valence-corrected chi connectivity index (χ1v) is 7.25. The Morgan fingerprint density at radius 1 is 1.47 bits per heavy atom. The largest absolute Gasteiger partial charge is 0.425 e. The predicted molar refractivity (Wildman–Crippen MR) is 77.2 cm³/mol. The molecule has 0 aliphatic rings. The molecule has 2 aromatic rings. The Balaban J connectivity index is 2.06. The van der Waals surface area contributed by atoms with Gasteiger partial charge in [0.25, 0.3) is 5.95 Å². The smallest absolute Gasteiger partial charge is 0.330 e. The summed E-state index contributed by atoms with van der Waals surface area (Å²) in [6, 6.07) is 6.26. The summed E-state index contributed by atoms with van der Waals surface area (Å²) in [5.74, 6) is 0.471. The fourth-order valence-corrected chi connectivity index (χ4v) is 2.10. The van der Waals surface area contributed by atoms with E-state index in [2.05, 4.69) is 0 Å². The van der Waals surface area contributed by atoms with Crippen molar-refractivity contribution in [2.24, 2.45) is 5.73 Å². The zero-order valence-corrected chi connectivity index (χ0v) is 11.4. The first kappa shape index (κ1) is 13.8. The van der Waals surface area contributed by atoms with E-state index in [-0.39, 0.29) is 5.95 Å². The van der Waals surface area contributed by atoms with Crippen molar-refractivity contribution in [3.8, 4) is 5.95 Å². The molecule has 1 atom stereocenters. The van der Waals surface area contributed by atoms with Crippen molar-refractivity contribution in [2.75, 3.05) is 17.7 Å². The number of benzene rings is 1. The molecular weight excluding hydrogens is 264 g/mol. The van der Waals surface area contributed by atoms with Crippen LogP contribution in [0.25, 0.3) is 11.0 Å². The Bertz CT molecular complexity index is 582. The minimum absolute atomic E-state index is 0.144. The number of hydrogen-bond acceptors (Lipinski definition) is 6. The molecule has 5 nitrogen and oxygen atoms in total. The molecule has 0 aliphatic carbocycles. The highest BCUT2D eigenvalue weighted by Gasteiger charge is 2.17. The third-order valence-corrected chi connectivity index (χ3v) is 3.30. The van der Waals surface area contributed by atoms with Crippen LogP contribution in [0.4, 0.5) is 5.69 Å². The molecule has 6 heteroatoms. The number of rotatable bonds is 5. The average molecular weight is 280 g/mol. The molecular formula is C13H16N2O3S. The topological polar surface area (TPSA) is 91.5 Å². The van der Waals surface area contributed by atoms with E-state index in [9.17, 15) is 4.79 Å². The van der Waals surface area contributed by atoms with E-state index in [0.29, 0.717) is 17.7 Å². The molecule has 2 rings (SSSR count). The minimum Gasteiger partial charge on any atom is -0.425 e. The van der Waals surface area contributed by atoms with Gasteiger partial charge in [0.1, 0.15) is 11.6 Å². The van der Waals surface area contributed by atoms with Crippen molar-refractivity contribution >= 4 is 34.4 Å². The Labute approximate surface area is 115 Å². The molecule has 1 aromatic carbocycles. The van der Waals surface area contributed by atoms with Crippen LogP contribution in [0, 0.1) is 0 Å². The lowest BCUT2D eigenvalue weighted by molar-refractivity contribution is -0.137. The summed E-state index contributed by atoms with van der Waals surface area (Å²) in [5, 5.41) is 0.828. The summed E-state index contributed by atoms with van der Waals surface area (Å²) < 4.78 is 10.5. The lowest BCUT2D eigenvalue weighted by Gasteiger charge is -2.08. The van der Waals surface area contributed by atoms with Crippen LogP contribution >= 0.6 is 11.8 Å². The van der Waals surface area contributed by atoms with Gasteiger partial charge >= 0.3 is 5.97 Å². The maximum absolute atomic E-state index is 11.7. The van der Waals surface area contributed by atoms with Gasteiger partial charge in [-0.3, -0.25) is 0 Å². The fourth-order valence-electron chi connectivity index (χ4n) is 1.61. The van der Waals surface area contributed by atoms with Crippen molar-refractivity contribution in [1.82, 2.24) is 0 Å². The number of nitrogen functional groups attached to an aromatic ring is 1. The quantitative estimate of drug-likeness (QED) is 0.643. The first-order valence-electron chi connectivity index (χ1n) is 5.85. The number of fused-ring (bicyclic) bond motifs is 1. The molecule has 0 saturated carbocycles. The molecule has 0 radical (unpaired) electrons. The number of carbonyl (C=O) groups is 1. The lowest BCUT2D eigenvalue weighted by Crippen LogP contribution is -2.34. The SMILES string of the molecule is CSCCC(N)C(=O)Oc1cc2ccc(N)cc2o1. The summed E-state index contributed by atoms with van der Waals surface area (Å²) in [6.07, 6.45) is 2.54. The lowest BCUT2D eigenvalue weighted by atomic mass is 10.2. The monoisotopic (exact) mass is 280 g/mol. The predicted octanol–water partition coefficient (Wildman–Crippen LogP) is 2.00. The standard InChI is InChI=1S/C13H16N2O3S/c1-19-5-4-10(15)13(16)18-12-6-8-2-3-9(14)7-11(8)17-12/h2-3,6-7,10H,4-5,14-15H2,1H3. The van der Waals surface area contributed by atoms with Crippen molar-refractivity contribution in [3.63, 3.8) is 0 Å². The van der Waals surface area contributed by atoms with Gasteiger partial charge in [0.05, 0.1) is 0 Å². The first-order chi connectivity index (χ1) is 9.10. The van der Waals surface area contributed by atoms with E-state index < -0.39 is 12.0 Å². The van der Waals surface area contributed by atoms with Crippen LogP contribution in [0.15, 0.2) is 28.7 Å². The van der Waals surface area contributed by atoms with E-state index in [1.165, 1.54) is 0 Å². The van der Waals surface area contributed by atoms with Gasteiger partial charge in [0.15, 0.2) is 0 Å². The molecule has 0 saturated heterocycles. The van der Waals surface area contributed by atoms with Gasteiger partial charge in [-0.15, -0.1) is 0 Å².